The third-order valence-corrected chi connectivity index (χ3v) is 3.15. The van der Waals surface area contributed by atoms with Gasteiger partial charge in [-0.25, -0.2) is 4.39 Å². The van der Waals surface area contributed by atoms with Crippen LogP contribution in [0.2, 0.25) is 0 Å². The maximum Gasteiger partial charge on any atom is 0.191 e. The molecule has 0 unspecified atom stereocenters. The largest absolute Gasteiger partial charge is 0.507 e. The zero-order valence-electron chi connectivity index (χ0n) is 10.7. The van der Waals surface area contributed by atoms with Crippen LogP contribution in [0.25, 0.3) is 0 Å². The molecule has 2 aromatic rings. The van der Waals surface area contributed by atoms with Crippen LogP contribution in [0.3, 0.4) is 0 Å². The lowest BCUT2D eigenvalue weighted by molar-refractivity contribution is 0.474. The van der Waals surface area contributed by atoms with Gasteiger partial charge in [-0.2, -0.15) is 5.10 Å². The molecule has 0 aliphatic heterocycles. The van der Waals surface area contributed by atoms with Gasteiger partial charge in [-0.05, 0) is 54.7 Å². The fourth-order valence-corrected chi connectivity index (χ4v) is 2.03. The van der Waals surface area contributed by atoms with Crippen molar-refractivity contribution < 1.29 is 9.50 Å². The van der Waals surface area contributed by atoms with Crippen LogP contribution in [-0.2, 0) is 0 Å². The van der Waals surface area contributed by atoms with Crippen LogP contribution in [0.1, 0.15) is 5.56 Å². The van der Waals surface area contributed by atoms with Gasteiger partial charge in [0.15, 0.2) is 5.11 Å². The minimum Gasteiger partial charge on any atom is -0.507 e. The second kappa shape index (κ2) is 7.14. The SMILES string of the molecule is Oc1ccc(Br)cc1/C=N/NC(=S)Nc1ccc(F)cc1. The molecule has 0 heterocycles. The van der Waals surface area contributed by atoms with E-state index in [1.165, 1.54) is 18.3 Å². The van der Waals surface area contributed by atoms with E-state index in [0.29, 0.717) is 11.3 Å². The van der Waals surface area contributed by atoms with E-state index in [9.17, 15) is 9.50 Å². The van der Waals surface area contributed by atoms with Crippen LogP contribution in [-0.4, -0.2) is 16.4 Å². The number of aromatic hydroxyl groups is 1. The zero-order valence-corrected chi connectivity index (χ0v) is 13.1. The van der Waals surface area contributed by atoms with Gasteiger partial charge in [0.05, 0.1) is 6.21 Å². The summed E-state index contributed by atoms with van der Waals surface area (Å²) < 4.78 is 13.6. The molecule has 0 fully saturated rings. The quantitative estimate of drug-likeness (QED) is 0.440. The number of hydrazone groups is 1. The molecule has 2 aromatic carbocycles. The topological polar surface area (TPSA) is 56.7 Å². The minimum atomic E-state index is -0.317. The molecule has 0 aliphatic rings. The Kier molecular flexibility index (Phi) is 5.24. The van der Waals surface area contributed by atoms with Crippen LogP contribution in [0.4, 0.5) is 10.1 Å². The van der Waals surface area contributed by atoms with Crippen molar-refractivity contribution in [3.8, 4) is 5.75 Å². The second-order valence-electron chi connectivity index (χ2n) is 4.03. The number of phenols is 1. The van der Waals surface area contributed by atoms with Gasteiger partial charge >= 0.3 is 0 Å². The zero-order chi connectivity index (χ0) is 15.2. The van der Waals surface area contributed by atoms with Gasteiger partial charge in [0.1, 0.15) is 11.6 Å². The first-order valence-corrected chi connectivity index (χ1v) is 7.09. The molecule has 4 nitrogen and oxygen atoms in total. The average molecular weight is 368 g/mol. The van der Waals surface area contributed by atoms with Gasteiger partial charge in [-0.3, -0.25) is 5.43 Å². The molecule has 108 valence electrons. The van der Waals surface area contributed by atoms with Crippen molar-refractivity contribution in [2.24, 2.45) is 5.10 Å². The van der Waals surface area contributed by atoms with Gasteiger partial charge < -0.3 is 10.4 Å². The Hall–Kier alpha value is -1.99. The van der Waals surface area contributed by atoms with Gasteiger partial charge in [0.2, 0.25) is 0 Å². The summed E-state index contributed by atoms with van der Waals surface area (Å²) in [5.74, 6) is -0.205. The number of phenolic OH excluding ortho intramolecular Hbond substituents is 1. The number of halogens is 2. The maximum atomic E-state index is 12.8. The van der Waals surface area contributed by atoms with Crippen molar-refractivity contribution in [2.45, 2.75) is 0 Å². The summed E-state index contributed by atoms with van der Waals surface area (Å²) in [5.41, 5.74) is 3.80. The molecule has 0 bridgehead atoms. The highest BCUT2D eigenvalue weighted by Crippen LogP contribution is 2.19. The Morgan fingerprint density at radius 3 is 2.67 bits per heavy atom. The molecule has 7 heteroatoms. The van der Waals surface area contributed by atoms with E-state index in [2.05, 4.69) is 31.8 Å². The fourth-order valence-electron chi connectivity index (χ4n) is 1.48. The summed E-state index contributed by atoms with van der Waals surface area (Å²) in [7, 11) is 0. The molecule has 0 aliphatic carbocycles. The summed E-state index contributed by atoms with van der Waals surface area (Å²) in [4.78, 5) is 0. The number of benzene rings is 2. The molecule has 21 heavy (non-hydrogen) atoms. The lowest BCUT2D eigenvalue weighted by Gasteiger charge is -2.06. The average Bonchev–Trinajstić information content (AvgIpc) is 2.45. The van der Waals surface area contributed by atoms with E-state index < -0.39 is 0 Å². The molecule has 0 spiro atoms. The molecule has 0 atom stereocenters. The molecule has 0 aromatic heterocycles. The number of nitrogens with zero attached hydrogens (tertiary/aromatic N) is 1. The number of nitrogens with one attached hydrogen (secondary N) is 2. The van der Waals surface area contributed by atoms with Crippen molar-refractivity contribution in [1.29, 1.82) is 0 Å². The fraction of sp³-hybridized carbons (Fsp3) is 0. The predicted octanol–water partition coefficient (Wildman–Crippen LogP) is 3.61. The lowest BCUT2D eigenvalue weighted by Crippen LogP contribution is -2.23. The Labute approximate surface area is 134 Å². The molecular formula is C14H11BrFN3OS. The third-order valence-electron chi connectivity index (χ3n) is 2.46. The molecule has 3 N–H and O–H groups in total. The van der Waals surface area contributed by atoms with E-state index in [1.54, 1.807) is 30.3 Å². The molecule has 0 saturated carbocycles. The molecule has 2 rings (SSSR count). The van der Waals surface area contributed by atoms with Crippen LogP contribution in [0.5, 0.6) is 5.75 Å². The summed E-state index contributed by atoms with van der Waals surface area (Å²) in [5, 5.41) is 16.7. The Balaban J connectivity index is 1.93. The van der Waals surface area contributed by atoms with Gasteiger partial charge in [0.25, 0.3) is 0 Å². The Bertz CT molecular complexity index is 676. The first-order valence-electron chi connectivity index (χ1n) is 5.89. The number of anilines is 1. The van der Waals surface area contributed by atoms with E-state index in [4.69, 9.17) is 12.2 Å². The predicted molar refractivity (Wildman–Crippen MR) is 89.2 cm³/mol. The summed E-state index contributed by atoms with van der Waals surface area (Å²) >= 11 is 8.35. The van der Waals surface area contributed by atoms with E-state index >= 15 is 0 Å². The summed E-state index contributed by atoms with van der Waals surface area (Å²) in [6.45, 7) is 0. The summed E-state index contributed by atoms with van der Waals surface area (Å²) in [6, 6.07) is 10.8. The van der Waals surface area contributed by atoms with E-state index in [1.807, 2.05) is 0 Å². The third kappa shape index (κ3) is 4.80. The number of thiocarbonyl (C=S) groups is 1. The number of hydrogen-bond donors (Lipinski definition) is 3. The highest BCUT2D eigenvalue weighted by molar-refractivity contribution is 9.10. The van der Waals surface area contributed by atoms with Gasteiger partial charge in [0, 0.05) is 15.7 Å². The first-order chi connectivity index (χ1) is 10.0. The van der Waals surface area contributed by atoms with Crippen molar-refractivity contribution in [3.05, 3.63) is 58.3 Å². The standard InChI is InChI=1S/C14H11BrFN3OS/c15-10-1-6-13(20)9(7-10)8-17-19-14(21)18-12-4-2-11(16)3-5-12/h1-8,20H,(H2,18,19,21)/b17-8+. The van der Waals surface area contributed by atoms with Crippen LogP contribution < -0.4 is 10.7 Å². The minimum absolute atomic E-state index is 0.112. The van der Waals surface area contributed by atoms with Crippen LogP contribution in [0.15, 0.2) is 52.0 Å². The molecule has 0 radical (unpaired) electrons. The first kappa shape index (κ1) is 15.4. The smallest absolute Gasteiger partial charge is 0.191 e. The lowest BCUT2D eigenvalue weighted by atomic mass is 10.2. The Morgan fingerprint density at radius 1 is 1.24 bits per heavy atom. The van der Waals surface area contributed by atoms with Gasteiger partial charge in [-0.1, -0.05) is 15.9 Å². The van der Waals surface area contributed by atoms with Crippen LogP contribution >= 0.6 is 28.1 Å². The number of hydrogen-bond acceptors (Lipinski definition) is 3. The van der Waals surface area contributed by atoms with Gasteiger partial charge in [-0.15, -0.1) is 0 Å². The molecule has 0 amide bonds. The monoisotopic (exact) mass is 367 g/mol. The van der Waals surface area contributed by atoms with Crippen molar-refractivity contribution in [1.82, 2.24) is 5.43 Å². The Morgan fingerprint density at radius 2 is 1.95 bits per heavy atom. The molecule has 0 saturated heterocycles. The van der Waals surface area contributed by atoms with E-state index in [-0.39, 0.29) is 16.7 Å². The van der Waals surface area contributed by atoms with Crippen molar-refractivity contribution in [3.63, 3.8) is 0 Å². The number of rotatable bonds is 3. The van der Waals surface area contributed by atoms with Crippen molar-refractivity contribution >= 4 is 45.2 Å². The normalized spacial score (nSPS) is 10.6. The highest BCUT2D eigenvalue weighted by Gasteiger charge is 1.99. The molecular weight excluding hydrogens is 357 g/mol. The van der Waals surface area contributed by atoms with Crippen molar-refractivity contribution in [2.75, 3.05) is 5.32 Å². The maximum absolute atomic E-state index is 12.8. The summed E-state index contributed by atoms with van der Waals surface area (Å²) in [6.07, 6.45) is 1.44. The van der Waals surface area contributed by atoms with E-state index in [0.717, 1.165) is 4.47 Å². The highest BCUT2D eigenvalue weighted by atomic mass is 79.9. The second-order valence-corrected chi connectivity index (χ2v) is 5.36. The van der Waals surface area contributed by atoms with Crippen LogP contribution in [0, 0.1) is 5.82 Å².